The van der Waals surface area contributed by atoms with E-state index < -0.39 is 30.0 Å². The highest BCUT2D eigenvalue weighted by Crippen LogP contribution is 2.27. The summed E-state index contributed by atoms with van der Waals surface area (Å²) in [7, 11) is 0. The number of rotatable bonds is 8. The quantitative estimate of drug-likeness (QED) is 0.475. The molecule has 3 aromatic rings. The number of carboxylic acids is 1. The van der Waals surface area contributed by atoms with Gasteiger partial charge in [0.1, 0.15) is 12.1 Å². The van der Waals surface area contributed by atoms with Crippen molar-refractivity contribution in [2.45, 2.75) is 45.3 Å². The van der Waals surface area contributed by atoms with Crippen LogP contribution in [0.4, 0.5) is 10.7 Å². The van der Waals surface area contributed by atoms with Gasteiger partial charge in [-0.2, -0.15) is 0 Å². The maximum atomic E-state index is 13.3. The number of amides is 3. The first-order valence-electron chi connectivity index (χ1n) is 11.5. The number of nitrogens with one attached hydrogen (secondary N) is 2. The normalized spacial score (nSPS) is 15.4. The minimum atomic E-state index is -1.10. The Hall–Kier alpha value is -3.88. The SMILES string of the molecule is CC[C@@H](C)[C@H](NC(=O)[C@H](Cc1ccccc1)NC(=O)N1CCn2c1nc1ccccc12)C(=O)O. The Morgan fingerprint density at radius 3 is 2.44 bits per heavy atom. The van der Waals surface area contributed by atoms with Gasteiger partial charge in [-0.3, -0.25) is 9.69 Å². The molecular weight excluding hydrogens is 434 g/mol. The molecule has 0 spiro atoms. The van der Waals surface area contributed by atoms with E-state index in [4.69, 9.17) is 0 Å². The van der Waals surface area contributed by atoms with E-state index >= 15 is 0 Å². The molecule has 178 valence electrons. The van der Waals surface area contributed by atoms with Crippen molar-refractivity contribution in [3.63, 3.8) is 0 Å². The van der Waals surface area contributed by atoms with Crippen molar-refractivity contribution in [2.75, 3.05) is 11.4 Å². The number of fused-ring (bicyclic) bond motifs is 3. The van der Waals surface area contributed by atoms with Crippen molar-refractivity contribution < 1.29 is 19.5 Å². The fourth-order valence-corrected chi connectivity index (χ4v) is 4.20. The van der Waals surface area contributed by atoms with Gasteiger partial charge in [0, 0.05) is 19.5 Å². The predicted molar refractivity (Wildman–Crippen MR) is 129 cm³/mol. The fourth-order valence-electron chi connectivity index (χ4n) is 4.20. The van der Waals surface area contributed by atoms with Gasteiger partial charge in [0.2, 0.25) is 11.9 Å². The van der Waals surface area contributed by atoms with Gasteiger partial charge in [0.25, 0.3) is 0 Å². The van der Waals surface area contributed by atoms with Crippen LogP contribution in [-0.4, -0.2) is 51.2 Å². The lowest BCUT2D eigenvalue weighted by Crippen LogP contribution is -2.56. The Labute approximate surface area is 197 Å². The summed E-state index contributed by atoms with van der Waals surface area (Å²) in [6.07, 6.45) is 0.826. The molecule has 1 aliphatic heterocycles. The first-order chi connectivity index (χ1) is 16.4. The molecule has 0 bridgehead atoms. The summed E-state index contributed by atoms with van der Waals surface area (Å²) < 4.78 is 1.98. The second-order valence-corrected chi connectivity index (χ2v) is 8.61. The molecule has 3 N–H and O–H groups in total. The summed E-state index contributed by atoms with van der Waals surface area (Å²) >= 11 is 0. The summed E-state index contributed by atoms with van der Waals surface area (Å²) in [6.45, 7) is 4.69. The number of nitrogens with zero attached hydrogens (tertiary/aromatic N) is 3. The average molecular weight is 464 g/mol. The van der Waals surface area contributed by atoms with Crippen LogP contribution in [0.25, 0.3) is 11.0 Å². The number of carbonyl (C=O) groups excluding carboxylic acids is 2. The maximum Gasteiger partial charge on any atom is 0.326 e. The van der Waals surface area contributed by atoms with E-state index in [2.05, 4.69) is 15.6 Å². The lowest BCUT2D eigenvalue weighted by Gasteiger charge is -2.26. The molecule has 4 rings (SSSR count). The summed E-state index contributed by atoms with van der Waals surface area (Å²) in [5, 5.41) is 15.1. The molecule has 9 nitrogen and oxygen atoms in total. The van der Waals surface area contributed by atoms with Crippen LogP contribution in [0.2, 0.25) is 0 Å². The number of para-hydroxylation sites is 2. The van der Waals surface area contributed by atoms with E-state index in [-0.39, 0.29) is 12.3 Å². The highest BCUT2D eigenvalue weighted by molar-refractivity contribution is 5.97. The van der Waals surface area contributed by atoms with Crippen molar-refractivity contribution in [1.29, 1.82) is 0 Å². The van der Waals surface area contributed by atoms with E-state index in [0.29, 0.717) is 25.5 Å². The zero-order chi connectivity index (χ0) is 24.2. The Morgan fingerprint density at radius 2 is 1.74 bits per heavy atom. The third-order valence-electron chi connectivity index (χ3n) is 6.34. The minimum absolute atomic E-state index is 0.232. The van der Waals surface area contributed by atoms with Crippen LogP contribution < -0.4 is 15.5 Å². The Bertz CT molecular complexity index is 1190. The number of anilines is 1. The van der Waals surface area contributed by atoms with Crippen molar-refractivity contribution >= 4 is 34.9 Å². The molecule has 0 aliphatic carbocycles. The van der Waals surface area contributed by atoms with Gasteiger partial charge in [-0.15, -0.1) is 0 Å². The van der Waals surface area contributed by atoms with E-state index in [1.807, 2.05) is 66.1 Å². The average Bonchev–Trinajstić information content (AvgIpc) is 3.41. The number of urea groups is 1. The van der Waals surface area contributed by atoms with E-state index in [1.54, 1.807) is 6.92 Å². The smallest absolute Gasteiger partial charge is 0.326 e. The molecule has 0 saturated heterocycles. The van der Waals surface area contributed by atoms with Gasteiger partial charge in [-0.25, -0.2) is 14.6 Å². The van der Waals surface area contributed by atoms with Gasteiger partial charge < -0.3 is 20.3 Å². The number of hydrogen-bond acceptors (Lipinski definition) is 4. The lowest BCUT2D eigenvalue weighted by atomic mass is 9.98. The van der Waals surface area contributed by atoms with Crippen molar-refractivity contribution in [2.24, 2.45) is 5.92 Å². The van der Waals surface area contributed by atoms with Crippen LogP contribution in [0.5, 0.6) is 0 Å². The third-order valence-corrected chi connectivity index (χ3v) is 6.34. The molecule has 0 fully saturated rings. The van der Waals surface area contributed by atoms with E-state index in [0.717, 1.165) is 16.6 Å². The molecule has 2 aromatic carbocycles. The molecule has 0 unspecified atom stereocenters. The van der Waals surface area contributed by atoms with Gasteiger partial charge in [-0.1, -0.05) is 62.7 Å². The summed E-state index contributed by atoms with van der Waals surface area (Å²) in [6, 6.07) is 14.6. The fraction of sp³-hybridized carbons (Fsp3) is 0.360. The van der Waals surface area contributed by atoms with Crippen LogP contribution in [-0.2, 0) is 22.6 Å². The Balaban J connectivity index is 1.55. The number of hydrogen-bond donors (Lipinski definition) is 3. The van der Waals surface area contributed by atoms with Gasteiger partial charge in [0.05, 0.1) is 11.0 Å². The number of carboxylic acid groups (broad SMARTS) is 1. The molecule has 34 heavy (non-hydrogen) atoms. The van der Waals surface area contributed by atoms with Crippen LogP contribution in [0.15, 0.2) is 54.6 Å². The maximum absolute atomic E-state index is 13.3. The van der Waals surface area contributed by atoms with Crippen molar-refractivity contribution in [1.82, 2.24) is 20.2 Å². The first-order valence-corrected chi connectivity index (χ1v) is 11.5. The summed E-state index contributed by atoms with van der Waals surface area (Å²) in [5.74, 6) is -1.35. The van der Waals surface area contributed by atoms with Gasteiger partial charge in [-0.05, 0) is 23.6 Å². The van der Waals surface area contributed by atoms with Crippen LogP contribution in [0.1, 0.15) is 25.8 Å². The highest BCUT2D eigenvalue weighted by atomic mass is 16.4. The van der Waals surface area contributed by atoms with E-state index in [9.17, 15) is 19.5 Å². The number of imidazole rings is 1. The first kappa shape index (κ1) is 23.3. The second kappa shape index (κ2) is 9.94. The van der Waals surface area contributed by atoms with Gasteiger partial charge in [0.15, 0.2) is 0 Å². The molecule has 2 heterocycles. The Kier molecular flexibility index (Phi) is 6.81. The third kappa shape index (κ3) is 4.73. The zero-order valence-electron chi connectivity index (χ0n) is 19.3. The van der Waals surface area contributed by atoms with Crippen molar-refractivity contribution in [3.05, 3.63) is 60.2 Å². The van der Waals surface area contributed by atoms with Crippen LogP contribution in [0.3, 0.4) is 0 Å². The topological polar surface area (TPSA) is 117 Å². The number of aliphatic carboxylic acids is 1. The standard InChI is InChI=1S/C25H29N5O4/c1-3-16(2)21(23(32)33)28-22(31)19(15-17-9-5-4-6-10-17)27-25(34)30-14-13-29-20-12-8-7-11-18(20)26-24(29)30/h4-12,16,19,21H,3,13-15H2,1-2H3,(H,27,34)(H,28,31)(H,32,33)/t16-,19+,21+/m1/s1. The van der Waals surface area contributed by atoms with E-state index in [1.165, 1.54) is 4.90 Å². The minimum Gasteiger partial charge on any atom is -0.480 e. The highest BCUT2D eigenvalue weighted by Gasteiger charge is 2.33. The molecule has 3 atom stereocenters. The molecule has 1 aliphatic rings. The van der Waals surface area contributed by atoms with Crippen molar-refractivity contribution in [3.8, 4) is 0 Å². The molecule has 1 aromatic heterocycles. The molecule has 0 radical (unpaired) electrons. The van der Waals surface area contributed by atoms with Crippen LogP contribution in [0, 0.1) is 5.92 Å². The van der Waals surface area contributed by atoms with Gasteiger partial charge >= 0.3 is 12.0 Å². The molecule has 0 saturated carbocycles. The zero-order valence-corrected chi connectivity index (χ0v) is 19.3. The second-order valence-electron chi connectivity index (χ2n) is 8.61. The molecule has 3 amide bonds. The number of carbonyl (C=O) groups is 3. The largest absolute Gasteiger partial charge is 0.480 e. The summed E-state index contributed by atoms with van der Waals surface area (Å²) in [4.78, 5) is 44.3. The molecule has 9 heteroatoms. The summed E-state index contributed by atoms with van der Waals surface area (Å²) in [5.41, 5.74) is 2.60. The monoisotopic (exact) mass is 463 g/mol. The molecular formula is C25H29N5O4. The van der Waals surface area contributed by atoms with Crippen LogP contribution >= 0.6 is 0 Å². The number of aromatic nitrogens is 2. The Morgan fingerprint density at radius 1 is 1.03 bits per heavy atom. The number of benzene rings is 2. The predicted octanol–water partition coefficient (Wildman–Crippen LogP) is 2.79. The lowest BCUT2D eigenvalue weighted by molar-refractivity contribution is -0.143.